The van der Waals surface area contributed by atoms with E-state index in [1.165, 1.54) is 17.0 Å². The van der Waals surface area contributed by atoms with Gasteiger partial charge in [0.15, 0.2) is 18.2 Å². The van der Waals surface area contributed by atoms with E-state index in [0.717, 1.165) is 25.0 Å². The van der Waals surface area contributed by atoms with Crippen LogP contribution in [0.2, 0.25) is 0 Å². The van der Waals surface area contributed by atoms with E-state index in [2.05, 4.69) is 9.80 Å². The van der Waals surface area contributed by atoms with Crippen LogP contribution in [0.15, 0.2) is 30.3 Å². The lowest BCUT2D eigenvalue weighted by Crippen LogP contribution is -2.61. The van der Waals surface area contributed by atoms with Gasteiger partial charge in [-0.05, 0) is 75.8 Å². The average molecular weight is 636 g/mol. The molecule has 3 aliphatic heterocycles. The highest BCUT2D eigenvalue weighted by molar-refractivity contribution is 5.89. The summed E-state index contributed by atoms with van der Waals surface area (Å²) in [6.45, 7) is 6.06. The van der Waals surface area contributed by atoms with E-state index in [1.807, 2.05) is 6.92 Å². The van der Waals surface area contributed by atoms with Crippen molar-refractivity contribution in [1.29, 1.82) is 0 Å². The van der Waals surface area contributed by atoms with Gasteiger partial charge >= 0.3 is 12.1 Å². The average Bonchev–Trinajstić information content (AvgIpc) is 3.87. The summed E-state index contributed by atoms with van der Waals surface area (Å²) < 4.78 is 72.7. The maximum Gasteiger partial charge on any atom is 0.416 e. The van der Waals surface area contributed by atoms with E-state index in [1.54, 1.807) is 13.0 Å². The molecule has 1 N–H and O–H groups in total. The third kappa shape index (κ3) is 6.04. The Kier molecular flexibility index (Phi) is 8.36. The molecule has 4 aliphatic rings. The van der Waals surface area contributed by atoms with Crippen molar-refractivity contribution in [2.45, 2.75) is 69.9 Å². The first-order valence-electron chi connectivity index (χ1n) is 15.4. The lowest BCUT2D eigenvalue weighted by atomic mass is 9.85. The second-order valence-electron chi connectivity index (χ2n) is 12.3. The van der Waals surface area contributed by atoms with Crippen molar-refractivity contribution in [3.05, 3.63) is 52.8 Å². The van der Waals surface area contributed by atoms with E-state index in [9.17, 15) is 32.3 Å². The maximum atomic E-state index is 14.1. The molecule has 244 valence electrons. The first-order valence-corrected chi connectivity index (χ1v) is 15.4. The summed E-state index contributed by atoms with van der Waals surface area (Å²) in [4.78, 5) is 31.3. The smallest absolute Gasteiger partial charge is 0.416 e. The number of alkyl halides is 3. The minimum absolute atomic E-state index is 0.0131. The van der Waals surface area contributed by atoms with Gasteiger partial charge in [-0.2, -0.15) is 13.2 Å². The Balaban J connectivity index is 1.12. The second kappa shape index (κ2) is 12.0. The van der Waals surface area contributed by atoms with Crippen LogP contribution in [0.1, 0.15) is 61.0 Å². The number of halogens is 4. The molecule has 45 heavy (non-hydrogen) atoms. The number of carboxylic acids is 1. The van der Waals surface area contributed by atoms with Gasteiger partial charge in [0, 0.05) is 43.0 Å². The van der Waals surface area contributed by atoms with Gasteiger partial charge < -0.3 is 29.1 Å². The summed E-state index contributed by atoms with van der Waals surface area (Å²) >= 11 is 0. The number of hydrogen-bond donors (Lipinski definition) is 1. The molecule has 1 saturated carbocycles. The summed E-state index contributed by atoms with van der Waals surface area (Å²) in [5.41, 5.74) is -1.36. The predicted octanol–water partition coefficient (Wildman–Crippen LogP) is 5.16. The first kappa shape index (κ1) is 31.4. The molecular formula is C32H37F4N3O6. The highest BCUT2D eigenvalue weighted by Gasteiger charge is 2.56. The van der Waals surface area contributed by atoms with Crippen LogP contribution in [0, 0.1) is 11.7 Å². The van der Waals surface area contributed by atoms with Gasteiger partial charge in [0.2, 0.25) is 0 Å². The number of amides is 1. The summed E-state index contributed by atoms with van der Waals surface area (Å²) in [5.74, 6) is -2.05. The quantitative estimate of drug-likeness (QED) is 0.418. The number of fused-ring (bicyclic) bond motifs is 1. The van der Waals surface area contributed by atoms with E-state index < -0.39 is 29.1 Å². The maximum absolute atomic E-state index is 14.1. The van der Waals surface area contributed by atoms with Crippen LogP contribution >= 0.6 is 0 Å². The molecule has 0 spiro atoms. The number of nitrogens with zero attached hydrogens (tertiary/aromatic N) is 3. The number of aromatic carboxylic acids is 1. The number of anilines is 1. The summed E-state index contributed by atoms with van der Waals surface area (Å²) in [5, 5.41) is 9.33. The molecule has 2 aromatic rings. The van der Waals surface area contributed by atoms with Crippen LogP contribution in [-0.2, 0) is 22.3 Å². The molecule has 13 heteroatoms. The number of rotatable bonds is 7. The number of carbonyl (C=O) groups excluding carboxylic acids is 1. The molecule has 0 unspecified atom stereocenters. The minimum Gasteiger partial charge on any atom is -0.490 e. The third-order valence-corrected chi connectivity index (χ3v) is 9.44. The molecular weight excluding hydrogens is 598 g/mol. The number of carboxylic acid groups (broad SMARTS) is 1. The molecule has 3 atom stereocenters. The number of benzene rings is 2. The summed E-state index contributed by atoms with van der Waals surface area (Å²) in [7, 11) is 0. The Morgan fingerprint density at radius 3 is 2.53 bits per heavy atom. The topological polar surface area (TPSA) is 91.8 Å². The number of ether oxygens (including phenoxy) is 3. The normalized spacial score (nSPS) is 25.8. The van der Waals surface area contributed by atoms with Crippen LogP contribution in [0.4, 0.5) is 23.2 Å². The predicted molar refractivity (Wildman–Crippen MR) is 155 cm³/mol. The van der Waals surface area contributed by atoms with Gasteiger partial charge in [0.05, 0.1) is 30.9 Å². The molecule has 0 aromatic heterocycles. The van der Waals surface area contributed by atoms with Crippen molar-refractivity contribution < 1.29 is 46.5 Å². The molecule has 6 rings (SSSR count). The molecule has 3 fully saturated rings. The van der Waals surface area contributed by atoms with Crippen molar-refractivity contribution in [2.24, 2.45) is 5.92 Å². The molecule has 0 bridgehead atoms. The third-order valence-electron chi connectivity index (χ3n) is 9.44. The van der Waals surface area contributed by atoms with Gasteiger partial charge in [0.1, 0.15) is 11.4 Å². The zero-order valence-corrected chi connectivity index (χ0v) is 25.2. The van der Waals surface area contributed by atoms with E-state index >= 15 is 0 Å². The Labute approximate surface area is 258 Å². The Morgan fingerprint density at radius 2 is 1.91 bits per heavy atom. The Bertz CT molecular complexity index is 1460. The molecule has 2 saturated heterocycles. The van der Waals surface area contributed by atoms with Crippen molar-refractivity contribution >= 4 is 17.6 Å². The Hall–Kier alpha value is -3.58. The fourth-order valence-electron chi connectivity index (χ4n) is 7.00. The van der Waals surface area contributed by atoms with E-state index in [4.69, 9.17) is 14.2 Å². The van der Waals surface area contributed by atoms with Crippen molar-refractivity contribution in [3.63, 3.8) is 0 Å². The number of carbonyl (C=O) groups is 2. The summed E-state index contributed by atoms with van der Waals surface area (Å²) in [6, 6.07) is 6.19. The lowest BCUT2D eigenvalue weighted by Gasteiger charge is -2.48. The van der Waals surface area contributed by atoms with Crippen LogP contribution in [0.3, 0.4) is 0 Å². The van der Waals surface area contributed by atoms with Crippen LogP contribution in [0.25, 0.3) is 0 Å². The SMILES string of the molecule is CCOc1cc(C(F)(F)F)cc2c1OCN(C(=O)[C@@]1(C3CC3)CC[C@@H](N3CCN(c4ccc(F)c(C(=O)O)c4)[C@@H](C)C3)CO1)C2. The van der Waals surface area contributed by atoms with Gasteiger partial charge in [0.25, 0.3) is 5.91 Å². The van der Waals surface area contributed by atoms with E-state index in [0.29, 0.717) is 44.8 Å². The molecule has 1 aliphatic carbocycles. The van der Waals surface area contributed by atoms with E-state index in [-0.39, 0.29) is 66.4 Å². The fourth-order valence-corrected chi connectivity index (χ4v) is 7.00. The highest BCUT2D eigenvalue weighted by Crippen LogP contribution is 2.49. The minimum atomic E-state index is -4.58. The van der Waals surface area contributed by atoms with Gasteiger partial charge in [-0.25, -0.2) is 9.18 Å². The number of hydrogen-bond acceptors (Lipinski definition) is 7. The molecule has 1 amide bonds. The highest BCUT2D eigenvalue weighted by atomic mass is 19.4. The van der Waals surface area contributed by atoms with Gasteiger partial charge in [-0.1, -0.05) is 0 Å². The van der Waals surface area contributed by atoms with Gasteiger partial charge in [-0.3, -0.25) is 9.69 Å². The van der Waals surface area contributed by atoms with Crippen LogP contribution in [0.5, 0.6) is 11.5 Å². The van der Waals surface area contributed by atoms with Crippen molar-refractivity contribution in [3.8, 4) is 11.5 Å². The van der Waals surface area contributed by atoms with Crippen LogP contribution in [-0.4, -0.2) is 84.0 Å². The lowest BCUT2D eigenvalue weighted by molar-refractivity contribution is -0.180. The fraction of sp³-hybridized carbons (Fsp3) is 0.562. The zero-order valence-electron chi connectivity index (χ0n) is 25.2. The summed E-state index contributed by atoms with van der Waals surface area (Å²) in [6.07, 6.45) is -1.67. The molecule has 2 aromatic carbocycles. The van der Waals surface area contributed by atoms with Crippen molar-refractivity contribution in [2.75, 3.05) is 44.5 Å². The standard InChI is InChI=1S/C32H37F4N3O6/c1-3-43-27-13-22(32(34,35)36)12-20-16-38(18-44-28(20)27)30(42)31(21-4-5-21)9-8-24(17-45-31)37-10-11-39(19(2)15-37)23-6-7-26(33)25(14-23)29(40)41/h6-7,12-14,19,21,24H,3-5,8-11,15-18H2,1-2H3,(H,40,41)/t19-,24+,31-/m0/s1. The van der Waals surface area contributed by atoms with Crippen molar-refractivity contribution in [1.82, 2.24) is 9.80 Å². The molecule has 0 radical (unpaired) electrons. The second-order valence-corrected chi connectivity index (χ2v) is 12.3. The molecule has 9 nitrogen and oxygen atoms in total. The first-order chi connectivity index (χ1) is 21.4. The zero-order chi connectivity index (χ0) is 32.1. The largest absolute Gasteiger partial charge is 0.490 e. The monoisotopic (exact) mass is 635 g/mol. The van der Waals surface area contributed by atoms with Gasteiger partial charge in [-0.15, -0.1) is 0 Å². The van der Waals surface area contributed by atoms with Crippen LogP contribution < -0.4 is 14.4 Å². The molecule has 3 heterocycles. The Morgan fingerprint density at radius 1 is 1.13 bits per heavy atom. The number of piperazine rings is 1.